The maximum Gasteiger partial charge on any atom is 0.388 e. The van der Waals surface area contributed by atoms with Crippen LogP contribution in [0.25, 0.3) is 0 Å². The summed E-state index contributed by atoms with van der Waals surface area (Å²) in [5, 5.41) is 29.7. The van der Waals surface area contributed by atoms with Crippen molar-refractivity contribution in [3.63, 3.8) is 0 Å². The van der Waals surface area contributed by atoms with Crippen LogP contribution in [0.3, 0.4) is 0 Å². The van der Waals surface area contributed by atoms with Gasteiger partial charge in [-0.25, -0.2) is 4.79 Å². The molecule has 118 valence electrons. The molecule has 0 aliphatic rings. The molecule has 0 unspecified atom stereocenters. The molecule has 23 heavy (non-hydrogen) atoms. The van der Waals surface area contributed by atoms with Crippen LogP contribution < -0.4 is 5.73 Å². The minimum atomic E-state index is -1.06. The second kappa shape index (κ2) is 6.30. The topological polar surface area (TPSA) is 180 Å². The van der Waals surface area contributed by atoms with E-state index >= 15 is 0 Å². The van der Waals surface area contributed by atoms with Gasteiger partial charge in [-0.2, -0.15) is 0 Å². The fraction of sp³-hybridized carbons (Fsp3) is 0. The van der Waals surface area contributed by atoms with Crippen LogP contribution in [-0.2, 0) is 4.84 Å². The smallest absolute Gasteiger partial charge is 0.380 e. The van der Waals surface area contributed by atoms with Gasteiger partial charge in [0.1, 0.15) is 0 Å². The first-order valence-corrected chi connectivity index (χ1v) is 5.88. The highest BCUT2D eigenvalue weighted by Gasteiger charge is 2.18. The summed E-state index contributed by atoms with van der Waals surface area (Å²) < 4.78 is 0. The number of nitrogens with one attached hydrogen (secondary N) is 1. The first-order chi connectivity index (χ1) is 10.9. The predicted molar refractivity (Wildman–Crippen MR) is 74.5 cm³/mol. The van der Waals surface area contributed by atoms with Crippen molar-refractivity contribution in [1.82, 2.24) is 10.2 Å². The Balaban J connectivity index is 2.07. The fourth-order valence-electron chi connectivity index (χ4n) is 1.45. The number of hydrogen-bond donors (Lipinski definition) is 2. The SMILES string of the molecule is N/C(=N\OC(=O)c1cc([N+](=O)[O-])[nH]n1)c1ccc([N+](=O)[O-])cc1. The van der Waals surface area contributed by atoms with Gasteiger partial charge in [0.2, 0.25) is 5.69 Å². The number of oxime groups is 1. The van der Waals surface area contributed by atoms with Crippen molar-refractivity contribution in [2.75, 3.05) is 0 Å². The number of carbonyl (C=O) groups excluding carboxylic acids is 1. The maximum atomic E-state index is 11.6. The van der Waals surface area contributed by atoms with Gasteiger partial charge in [-0.15, -0.1) is 5.10 Å². The first-order valence-electron chi connectivity index (χ1n) is 5.88. The Morgan fingerprint density at radius 2 is 1.87 bits per heavy atom. The molecule has 0 aliphatic carbocycles. The monoisotopic (exact) mass is 320 g/mol. The Bertz CT molecular complexity index is 796. The van der Waals surface area contributed by atoms with E-state index in [0.29, 0.717) is 0 Å². The van der Waals surface area contributed by atoms with Crippen LogP contribution in [0.2, 0.25) is 0 Å². The lowest BCUT2D eigenvalue weighted by molar-refractivity contribution is -0.389. The number of carbonyl (C=O) groups is 1. The number of aromatic nitrogens is 2. The van der Waals surface area contributed by atoms with Crippen LogP contribution >= 0.6 is 0 Å². The van der Waals surface area contributed by atoms with E-state index in [4.69, 9.17) is 5.73 Å². The molecule has 0 atom stereocenters. The van der Waals surface area contributed by atoms with Crippen molar-refractivity contribution in [2.45, 2.75) is 0 Å². The van der Waals surface area contributed by atoms with Crippen molar-refractivity contribution >= 4 is 23.3 Å². The summed E-state index contributed by atoms with van der Waals surface area (Å²) >= 11 is 0. The molecule has 0 bridgehead atoms. The van der Waals surface area contributed by atoms with Gasteiger partial charge in [-0.05, 0) is 17.1 Å². The molecule has 0 amide bonds. The number of nitro groups is 2. The number of rotatable bonds is 5. The van der Waals surface area contributed by atoms with Crippen molar-refractivity contribution in [3.8, 4) is 0 Å². The lowest BCUT2D eigenvalue weighted by Gasteiger charge is -1.99. The molecule has 1 heterocycles. The van der Waals surface area contributed by atoms with Gasteiger partial charge < -0.3 is 20.7 Å². The number of amidine groups is 1. The van der Waals surface area contributed by atoms with Crippen molar-refractivity contribution in [1.29, 1.82) is 0 Å². The van der Waals surface area contributed by atoms with E-state index in [1.165, 1.54) is 24.3 Å². The van der Waals surface area contributed by atoms with E-state index in [2.05, 4.69) is 15.1 Å². The Morgan fingerprint density at radius 1 is 1.22 bits per heavy atom. The Labute approximate surface area is 126 Å². The second-order valence-corrected chi connectivity index (χ2v) is 4.05. The van der Waals surface area contributed by atoms with Crippen molar-refractivity contribution < 1.29 is 19.5 Å². The lowest BCUT2D eigenvalue weighted by atomic mass is 10.2. The zero-order chi connectivity index (χ0) is 17.0. The van der Waals surface area contributed by atoms with Crippen LogP contribution in [0.5, 0.6) is 0 Å². The van der Waals surface area contributed by atoms with E-state index in [1.54, 1.807) is 0 Å². The lowest BCUT2D eigenvalue weighted by Crippen LogP contribution is -2.15. The molecule has 0 fully saturated rings. The van der Waals surface area contributed by atoms with Gasteiger partial charge in [0.05, 0.1) is 11.0 Å². The normalized spacial score (nSPS) is 11.0. The average Bonchev–Trinajstić information content (AvgIpc) is 3.02. The summed E-state index contributed by atoms with van der Waals surface area (Å²) in [6.07, 6.45) is 0. The largest absolute Gasteiger partial charge is 0.388 e. The Kier molecular flexibility index (Phi) is 4.26. The van der Waals surface area contributed by atoms with Gasteiger partial charge >= 0.3 is 11.8 Å². The molecule has 1 aromatic carbocycles. The maximum absolute atomic E-state index is 11.6. The highest BCUT2D eigenvalue weighted by molar-refractivity contribution is 5.98. The molecule has 1 aromatic heterocycles. The minimum Gasteiger partial charge on any atom is -0.380 e. The summed E-state index contributed by atoms with van der Waals surface area (Å²) in [6, 6.07) is 5.93. The molecular formula is C11H8N6O6. The third-order valence-electron chi connectivity index (χ3n) is 2.57. The number of benzene rings is 1. The van der Waals surface area contributed by atoms with E-state index in [1.807, 2.05) is 5.10 Å². The standard InChI is InChI=1S/C11H8N6O6/c12-10(6-1-3-7(4-2-6)16(19)20)15-23-11(18)8-5-9(14-13-8)17(21)22/h1-5H,(H2,12,15)(H,13,14). The number of non-ortho nitro benzene ring substituents is 1. The predicted octanol–water partition coefficient (Wildman–Crippen LogP) is 0.703. The molecule has 12 heteroatoms. The number of nitrogens with zero attached hydrogens (tertiary/aromatic N) is 4. The zero-order valence-corrected chi connectivity index (χ0v) is 11.2. The molecule has 3 N–H and O–H groups in total. The van der Waals surface area contributed by atoms with Crippen LogP contribution in [0.15, 0.2) is 35.5 Å². The molecule has 2 aromatic rings. The molecule has 2 rings (SSSR count). The van der Waals surface area contributed by atoms with Crippen LogP contribution in [-0.4, -0.2) is 31.8 Å². The van der Waals surface area contributed by atoms with Gasteiger partial charge in [0, 0.05) is 17.7 Å². The van der Waals surface area contributed by atoms with Crippen LogP contribution in [0.4, 0.5) is 11.5 Å². The summed E-state index contributed by atoms with van der Waals surface area (Å²) in [5.74, 6) is -1.75. The third kappa shape index (κ3) is 3.63. The Hall–Kier alpha value is -3.83. The van der Waals surface area contributed by atoms with Gasteiger partial charge in [0.25, 0.3) is 5.69 Å². The van der Waals surface area contributed by atoms with E-state index < -0.39 is 21.6 Å². The molecule has 0 radical (unpaired) electrons. The van der Waals surface area contributed by atoms with Gasteiger partial charge in [0.15, 0.2) is 5.84 Å². The summed E-state index contributed by atoms with van der Waals surface area (Å²) in [7, 11) is 0. The highest BCUT2D eigenvalue weighted by atomic mass is 16.7. The molecule has 0 aliphatic heterocycles. The van der Waals surface area contributed by atoms with Crippen LogP contribution in [0.1, 0.15) is 16.1 Å². The van der Waals surface area contributed by atoms with E-state index in [9.17, 15) is 25.0 Å². The Morgan fingerprint density at radius 3 is 2.39 bits per heavy atom. The first kappa shape index (κ1) is 15.6. The summed E-state index contributed by atoms with van der Waals surface area (Å²) in [5.41, 5.74) is 5.37. The quantitative estimate of drug-likeness (QED) is 0.265. The second-order valence-electron chi connectivity index (χ2n) is 4.05. The molecular weight excluding hydrogens is 312 g/mol. The average molecular weight is 320 g/mol. The third-order valence-corrected chi connectivity index (χ3v) is 2.57. The summed E-state index contributed by atoms with van der Waals surface area (Å²) in [6.45, 7) is 0. The van der Waals surface area contributed by atoms with Crippen molar-refractivity contribution in [2.24, 2.45) is 10.9 Å². The van der Waals surface area contributed by atoms with Crippen molar-refractivity contribution in [3.05, 3.63) is 61.8 Å². The fourth-order valence-corrected chi connectivity index (χ4v) is 1.45. The van der Waals surface area contributed by atoms with Gasteiger partial charge in [-0.1, -0.05) is 10.3 Å². The molecule has 0 saturated heterocycles. The molecule has 0 spiro atoms. The number of H-pyrrole nitrogens is 1. The number of nitro benzene ring substituents is 1. The van der Waals surface area contributed by atoms with Crippen LogP contribution in [0, 0.1) is 20.2 Å². The minimum absolute atomic E-state index is 0.137. The number of hydrogen-bond acceptors (Lipinski definition) is 8. The number of aromatic amines is 1. The number of nitrogens with two attached hydrogens (primary N) is 1. The molecule has 12 nitrogen and oxygen atoms in total. The van der Waals surface area contributed by atoms with Gasteiger partial charge in [-0.3, -0.25) is 10.1 Å². The summed E-state index contributed by atoms with van der Waals surface area (Å²) in [4.78, 5) is 35.7. The zero-order valence-electron chi connectivity index (χ0n) is 11.2. The molecule has 0 saturated carbocycles. The van der Waals surface area contributed by atoms with E-state index in [0.717, 1.165) is 6.07 Å². The highest BCUT2D eigenvalue weighted by Crippen LogP contribution is 2.12. The van der Waals surface area contributed by atoms with E-state index in [-0.39, 0.29) is 22.8 Å².